The van der Waals surface area contributed by atoms with Crippen molar-refractivity contribution < 1.29 is 28.3 Å². The second-order valence-corrected chi connectivity index (χ2v) is 8.27. The van der Waals surface area contributed by atoms with Gasteiger partial charge in [0, 0.05) is 12.1 Å². The number of methoxy groups -OCH3 is 1. The summed E-state index contributed by atoms with van der Waals surface area (Å²) in [4.78, 5) is 31.8. The van der Waals surface area contributed by atoms with E-state index in [9.17, 15) is 19.3 Å². The van der Waals surface area contributed by atoms with Crippen molar-refractivity contribution in [1.82, 2.24) is 14.9 Å². The fourth-order valence-corrected chi connectivity index (χ4v) is 2.85. The normalized spacial score (nSPS) is 13.9. The summed E-state index contributed by atoms with van der Waals surface area (Å²) in [5.74, 6) is -0.986. The zero-order valence-corrected chi connectivity index (χ0v) is 18.5. The van der Waals surface area contributed by atoms with Crippen LogP contribution in [0.4, 0.5) is 26.5 Å². The van der Waals surface area contributed by atoms with Crippen LogP contribution in [-0.4, -0.2) is 57.8 Å². The van der Waals surface area contributed by atoms with E-state index in [0.29, 0.717) is 0 Å². The Morgan fingerprint density at radius 1 is 1.38 bits per heavy atom. The highest BCUT2D eigenvalue weighted by Gasteiger charge is 2.35. The predicted molar refractivity (Wildman–Crippen MR) is 112 cm³/mol. The molecule has 0 saturated carbocycles. The van der Waals surface area contributed by atoms with Crippen LogP contribution in [-0.2, 0) is 4.74 Å². The maximum absolute atomic E-state index is 13.8. The fraction of sp³-hybridized carbons (Fsp3) is 0.421. The minimum atomic E-state index is -1.04. The number of anilines is 2. The predicted octanol–water partition coefficient (Wildman–Crippen LogP) is 3.93. The average molecular weight is 470 g/mol. The molecule has 0 aliphatic carbocycles. The Hall–Kier alpha value is -3.41. The van der Waals surface area contributed by atoms with Crippen LogP contribution in [0.25, 0.3) is 0 Å². The Morgan fingerprint density at radius 2 is 2.06 bits per heavy atom. The number of nitrogens with zero attached hydrogens (tertiary/aromatic N) is 4. The fourth-order valence-electron chi connectivity index (χ4n) is 2.71. The lowest BCUT2D eigenvalue weighted by atomic mass is 10.2. The van der Waals surface area contributed by atoms with Crippen LogP contribution in [0.2, 0.25) is 5.02 Å². The largest absolute Gasteiger partial charge is 0.494 e. The van der Waals surface area contributed by atoms with E-state index < -0.39 is 28.1 Å². The maximum atomic E-state index is 13.8. The van der Waals surface area contributed by atoms with Crippen molar-refractivity contribution in [3.8, 4) is 11.6 Å². The standard InChI is InChI=1S/C19H21ClFN5O6/c1-19(2,3)32-18(27)25-8-10(9-25)31-16-11(20)7-22-17(24-16)23-13-6-14(26(28)29)12(21)5-15(13)30-4/h5-7,10H,8-9H2,1-4H3,(H,22,23,24). The van der Waals surface area contributed by atoms with E-state index in [1.807, 2.05) is 0 Å². The first-order valence-corrected chi connectivity index (χ1v) is 9.80. The van der Waals surface area contributed by atoms with Crippen LogP contribution >= 0.6 is 11.6 Å². The van der Waals surface area contributed by atoms with Crippen LogP contribution in [0.1, 0.15) is 20.8 Å². The van der Waals surface area contributed by atoms with Crippen molar-refractivity contribution in [3.05, 3.63) is 39.3 Å². The van der Waals surface area contributed by atoms with Crippen molar-refractivity contribution in [1.29, 1.82) is 0 Å². The molecule has 2 aromatic rings. The van der Waals surface area contributed by atoms with Crippen LogP contribution in [0.5, 0.6) is 11.6 Å². The van der Waals surface area contributed by atoms with E-state index in [1.54, 1.807) is 20.8 Å². The van der Waals surface area contributed by atoms with E-state index in [2.05, 4.69) is 15.3 Å². The van der Waals surface area contributed by atoms with Gasteiger partial charge in [-0.2, -0.15) is 9.37 Å². The average Bonchev–Trinajstić information content (AvgIpc) is 2.65. The Labute approximate surface area is 187 Å². The number of nitro groups is 1. The van der Waals surface area contributed by atoms with Gasteiger partial charge in [0.15, 0.2) is 0 Å². The van der Waals surface area contributed by atoms with Crippen LogP contribution in [0.15, 0.2) is 18.3 Å². The number of aromatic nitrogens is 2. The van der Waals surface area contributed by atoms with Crippen molar-refractivity contribution >= 4 is 35.0 Å². The molecule has 0 spiro atoms. The van der Waals surface area contributed by atoms with Crippen molar-refractivity contribution in [2.45, 2.75) is 32.5 Å². The van der Waals surface area contributed by atoms with Gasteiger partial charge in [0.2, 0.25) is 17.6 Å². The number of carbonyl (C=O) groups is 1. The molecular formula is C19H21ClFN5O6. The number of benzene rings is 1. The second kappa shape index (κ2) is 8.99. The number of halogens is 2. The van der Waals surface area contributed by atoms with Gasteiger partial charge in [0.25, 0.3) is 0 Å². The molecule has 1 fully saturated rings. The summed E-state index contributed by atoms with van der Waals surface area (Å²) >= 11 is 6.11. The van der Waals surface area contributed by atoms with Crippen LogP contribution in [0, 0.1) is 15.9 Å². The summed E-state index contributed by atoms with van der Waals surface area (Å²) in [5.41, 5.74) is -1.26. The quantitative estimate of drug-likeness (QED) is 0.494. The molecule has 1 aliphatic rings. The molecular weight excluding hydrogens is 449 g/mol. The molecule has 1 N–H and O–H groups in total. The number of nitro benzene ring substituents is 1. The molecule has 0 bridgehead atoms. The summed E-state index contributed by atoms with van der Waals surface area (Å²) < 4.78 is 29.9. The monoisotopic (exact) mass is 469 g/mol. The molecule has 11 nitrogen and oxygen atoms in total. The van der Waals surface area contributed by atoms with Crippen molar-refractivity contribution in [2.24, 2.45) is 0 Å². The van der Waals surface area contributed by atoms with Gasteiger partial charge in [-0.05, 0) is 20.8 Å². The van der Waals surface area contributed by atoms with Gasteiger partial charge in [0.05, 0.1) is 37.0 Å². The van der Waals surface area contributed by atoms with Gasteiger partial charge in [-0.3, -0.25) is 10.1 Å². The zero-order chi connectivity index (χ0) is 23.6. The molecule has 1 aliphatic heterocycles. The number of amides is 1. The summed E-state index contributed by atoms with van der Waals surface area (Å²) in [5, 5.41) is 13.9. The molecule has 0 radical (unpaired) electrons. The minimum absolute atomic E-state index is 0.00747. The third-order valence-electron chi connectivity index (χ3n) is 4.20. The summed E-state index contributed by atoms with van der Waals surface area (Å²) in [6.07, 6.45) is 0.476. The first-order valence-electron chi connectivity index (χ1n) is 9.43. The number of likely N-dealkylation sites (tertiary alicyclic amines) is 1. The lowest BCUT2D eigenvalue weighted by Gasteiger charge is -2.39. The molecule has 3 rings (SSSR count). The van der Waals surface area contributed by atoms with E-state index in [0.717, 1.165) is 12.1 Å². The summed E-state index contributed by atoms with van der Waals surface area (Å²) in [6.45, 7) is 5.90. The van der Waals surface area contributed by atoms with E-state index in [4.69, 9.17) is 25.8 Å². The number of hydrogen-bond acceptors (Lipinski definition) is 9. The third kappa shape index (κ3) is 5.44. The number of ether oxygens (including phenoxy) is 3. The second-order valence-electron chi connectivity index (χ2n) is 7.86. The SMILES string of the molecule is COc1cc(F)c([N+](=O)[O-])cc1Nc1ncc(Cl)c(OC2CN(C(=O)OC(C)(C)C)C2)n1. The first kappa shape index (κ1) is 23.3. The Balaban J connectivity index is 1.71. The molecule has 1 saturated heterocycles. The van der Waals surface area contributed by atoms with Gasteiger partial charge in [0.1, 0.15) is 22.5 Å². The van der Waals surface area contributed by atoms with Crippen molar-refractivity contribution in [3.63, 3.8) is 0 Å². The number of carbonyl (C=O) groups excluding carboxylic acids is 1. The van der Waals surface area contributed by atoms with Gasteiger partial charge in [-0.1, -0.05) is 11.6 Å². The van der Waals surface area contributed by atoms with E-state index in [-0.39, 0.29) is 47.5 Å². The number of rotatable bonds is 6. The van der Waals surface area contributed by atoms with E-state index in [1.165, 1.54) is 18.2 Å². The highest BCUT2D eigenvalue weighted by Crippen LogP contribution is 2.34. The topological polar surface area (TPSA) is 129 Å². The molecule has 172 valence electrons. The zero-order valence-electron chi connectivity index (χ0n) is 17.7. The molecule has 1 aromatic carbocycles. The lowest BCUT2D eigenvalue weighted by Crippen LogP contribution is -2.57. The van der Waals surface area contributed by atoms with Crippen LogP contribution < -0.4 is 14.8 Å². The Morgan fingerprint density at radius 3 is 2.66 bits per heavy atom. The minimum Gasteiger partial charge on any atom is -0.494 e. The molecule has 32 heavy (non-hydrogen) atoms. The van der Waals surface area contributed by atoms with Crippen LogP contribution in [0.3, 0.4) is 0 Å². The summed E-state index contributed by atoms with van der Waals surface area (Å²) in [6, 6.07) is 1.85. The smallest absolute Gasteiger partial charge is 0.410 e. The summed E-state index contributed by atoms with van der Waals surface area (Å²) in [7, 11) is 1.29. The van der Waals surface area contributed by atoms with Gasteiger partial charge in [-0.15, -0.1) is 0 Å². The molecule has 0 unspecified atom stereocenters. The Bertz CT molecular complexity index is 1040. The highest BCUT2D eigenvalue weighted by molar-refractivity contribution is 6.31. The number of nitrogens with one attached hydrogen (secondary N) is 1. The van der Waals surface area contributed by atoms with Crippen molar-refractivity contribution in [2.75, 3.05) is 25.5 Å². The molecule has 13 heteroatoms. The number of hydrogen-bond donors (Lipinski definition) is 1. The molecule has 1 amide bonds. The molecule has 1 aromatic heterocycles. The maximum Gasteiger partial charge on any atom is 0.410 e. The third-order valence-corrected chi connectivity index (χ3v) is 4.46. The van der Waals surface area contributed by atoms with Gasteiger partial charge >= 0.3 is 11.8 Å². The van der Waals surface area contributed by atoms with E-state index >= 15 is 0 Å². The lowest BCUT2D eigenvalue weighted by molar-refractivity contribution is -0.387. The van der Waals surface area contributed by atoms with Gasteiger partial charge < -0.3 is 24.4 Å². The van der Waals surface area contributed by atoms with Gasteiger partial charge in [-0.25, -0.2) is 9.78 Å². The first-order chi connectivity index (χ1) is 15.0. The highest BCUT2D eigenvalue weighted by atomic mass is 35.5. The molecule has 2 heterocycles. The molecule has 0 atom stereocenters. The Kier molecular flexibility index (Phi) is 6.53.